The van der Waals surface area contributed by atoms with E-state index < -0.39 is 0 Å². The molecular formula is C15H24. The minimum absolute atomic E-state index is 0.554. The van der Waals surface area contributed by atoms with Gasteiger partial charge in [0.1, 0.15) is 0 Å². The van der Waals surface area contributed by atoms with Gasteiger partial charge in [0.15, 0.2) is 0 Å². The standard InChI is InChI=1S/C15H24/c1-11(2)14-6-5-13(4)15(14)9-7-12(3)8-10-15/h7,13H,5-6,8-10H2,1-4H3/t13-,15-/m1/s1. The zero-order valence-corrected chi connectivity index (χ0v) is 10.7. The molecule has 0 radical (unpaired) electrons. The second kappa shape index (κ2) is 3.81. The molecule has 0 bridgehead atoms. The van der Waals surface area contributed by atoms with Crippen LogP contribution in [0.25, 0.3) is 0 Å². The third-order valence-corrected chi connectivity index (χ3v) is 4.76. The first-order valence-electron chi connectivity index (χ1n) is 6.39. The average molecular weight is 204 g/mol. The van der Waals surface area contributed by atoms with Crippen molar-refractivity contribution in [1.29, 1.82) is 0 Å². The van der Waals surface area contributed by atoms with E-state index in [1.54, 1.807) is 16.7 Å². The summed E-state index contributed by atoms with van der Waals surface area (Å²) in [5, 5.41) is 0. The van der Waals surface area contributed by atoms with Crippen LogP contribution in [-0.4, -0.2) is 0 Å². The van der Waals surface area contributed by atoms with Gasteiger partial charge in [-0.1, -0.05) is 29.7 Å². The molecule has 0 aromatic rings. The Hall–Kier alpha value is -0.520. The summed E-state index contributed by atoms with van der Waals surface area (Å²) in [7, 11) is 0. The molecule has 2 aliphatic rings. The molecule has 84 valence electrons. The fraction of sp³-hybridized carbons (Fsp3) is 0.733. The van der Waals surface area contributed by atoms with Gasteiger partial charge in [0.05, 0.1) is 0 Å². The van der Waals surface area contributed by atoms with Crippen molar-refractivity contribution in [3.05, 3.63) is 22.8 Å². The van der Waals surface area contributed by atoms with E-state index >= 15 is 0 Å². The molecule has 15 heavy (non-hydrogen) atoms. The van der Waals surface area contributed by atoms with Crippen molar-refractivity contribution >= 4 is 0 Å². The molecule has 2 atom stereocenters. The number of hydrogen-bond donors (Lipinski definition) is 0. The molecular weight excluding hydrogens is 180 g/mol. The van der Waals surface area contributed by atoms with Gasteiger partial charge in [-0.25, -0.2) is 0 Å². The summed E-state index contributed by atoms with van der Waals surface area (Å²) in [6, 6.07) is 0. The van der Waals surface area contributed by atoms with Crippen LogP contribution < -0.4 is 0 Å². The lowest BCUT2D eigenvalue weighted by atomic mass is 9.66. The van der Waals surface area contributed by atoms with Gasteiger partial charge in [-0.15, -0.1) is 0 Å². The van der Waals surface area contributed by atoms with Crippen LogP contribution in [0.2, 0.25) is 0 Å². The molecule has 0 heteroatoms. The largest absolute Gasteiger partial charge is 0.0847 e. The monoisotopic (exact) mass is 204 g/mol. The van der Waals surface area contributed by atoms with Gasteiger partial charge in [0, 0.05) is 0 Å². The molecule has 1 saturated carbocycles. The van der Waals surface area contributed by atoms with E-state index in [9.17, 15) is 0 Å². The maximum absolute atomic E-state index is 2.49. The predicted octanol–water partition coefficient (Wildman–Crippen LogP) is 4.87. The van der Waals surface area contributed by atoms with Crippen LogP contribution in [-0.2, 0) is 0 Å². The van der Waals surface area contributed by atoms with Gasteiger partial charge in [-0.3, -0.25) is 0 Å². The molecule has 0 aromatic heterocycles. The molecule has 2 rings (SSSR count). The van der Waals surface area contributed by atoms with Crippen molar-refractivity contribution < 1.29 is 0 Å². The highest BCUT2D eigenvalue weighted by Gasteiger charge is 2.44. The van der Waals surface area contributed by atoms with E-state index in [2.05, 4.69) is 33.8 Å². The van der Waals surface area contributed by atoms with Crippen LogP contribution in [0.3, 0.4) is 0 Å². The van der Waals surface area contributed by atoms with Gasteiger partial charge in [0.2, 0.25) is 0 Å². The molecule has 0 amide bonds. The zero-order chi connectivity index (χ0) is 11.1. The van der Waals surface area contributed by atoms with Crippen LogP contribution in [0.1, 0.15) is 59.8 Å². The number of rotatable bonds is 0. The maximum Gasteiger partial charge on any atom is -0.00223 e. The van der Waals surface area contributed by atoms with Crippen molar-refractivity contribution in [3.8, 4) is 0 Å². The minimum Gasteiger partial charge on any atom is -0.0847 e. The Bertz CT molecular complexity index is 315. The third kappa shape index (κ3) is 1.68. The lowest BCUT2D eigenvalue weighted by Gasteiger charge is -2.38. The molecule has 0 unspecified atom stereocenters. The van der Waals surface area contributed by atoms with E-state index in [-0.39, 0.29) is 0 Å². The lowest BCUT2D eigenvalue weighted by Crippen LogP contribution is -2.28. The van der Waals surface area contributed by atoms with E-state index in [1.807, 2.05) is 0 Å². The molecule has 0 saturated heterocycles. The Kier molecular flexibility index (Phi) is 2.79. The van der Waals surface area contributed by atoms with E-state index in [0.29, 0.717) is 5.41 Å². The van der Waals surface area contributed by atoms with Crippen molar-refractivity contribution in [2.45, 2.75) is 59.8 Å². The second-order valence-corrected chi connectivity index (χ2v) is 5.83. The number of allylic oxidation sites excluding steroid dienone is 4. The van der Waals surface area contributed by atoms with Crippen LogP contribution >= 0.6 is 0 Å². The molecule has 0 heterocycles. The molecule has 1 fully saturated rings. The molecule has 0 N–H and O–H groups in total. The van der Waals surface area contributed by atoms with Crippen molar-refractivity contribution in [1.82, 2.24) is 0 Å². The van der Waals surface area contributed by atoms with Crippen LogP contribution in [0.15, 0.2) is 22.8 Å². The second-order valence-electron chi connectivity index (χ2n) is 5.83. The Morgan fingerprint density at radius 3 is 2.60 bits per heavy atom. The Morgan fingerprint density at radius 1 is 1.33 bits per heavy atom. The molecule has 0 nitrogen and oxygen atoms in total. The SMILES string of the molecule is CC1=CC[C@]2(CC1)C(=C(C)C)CC[C@H]2C. The Labute approximate surface area is 94.5 Å². The summed E-state index contributed by atoms with van der Waals surface area (Å²) >= 11 is 0. The van der Waals surface area contributed by atoms with Gasteiger partial charge >= 0.3 is 0 Å². The van der Waals surface area contributed by atoms with Gasteiger partial charge in [-0.05, 0) is 64.2 Å². The first-order chi connectivity index (χ1) is 7.06. The summed E-state index contributed by atoms with van der Waals surface area (Å²) in [4.78, 5) is 0. The highest BCUT2D eigenvalue weighted by atomic mass is 14.5. The number of hydrogen-bond acceptors (Lipinski definition) is 0. The third-order valence-electron chi connectivity index (χ3n) is 4.76. The summed E-state index contributed by atoms with van der Waals surface area (Å²) in [6.07, 6.45) is 9.29. The van der Waals surface area contributed by atoms with E-state index in [4.69, 9.17) is 0 Å². The van der Waals surface area contributed by atoms with Crippen molar-refractivity contribution in [3.63, 3.8) is 0 Å². The predicted molar refractivity (Wildman–Crippen MR) is 66.8 cm³/mol. The van der Waals surface area contributed by atoms with Crippen molar-refractivity contribution in [2.24, 2.45) is 11.3 Å². The normalized spacial score (nSPS) is 35.9. The summed E-state index contributed by atoms with van der Waals surface area (Å²) < 4.78 is 0. The lowest BCUT2D eigenvalue weighted by molar-refractivity contribution is 0.235. The van der Waals surface area contributed by atoms with Crippen LogP contribution in [0.5, 0.6) is 0 Å². The first-order valence-corrected chi connectivity index (χ1v) is 6.39. The van der Waals surface area contributed by atoms with Crippen molar-refractivity contribution in [2.75, 3.05) is 0 Å². The van der Waals surface area contributed by atoms with E-state index in [0.717, 1.165) is 5.92 Å². The molecule has 0 aromatic carbocycles. The molecule has 2 aliphatic carbocycles. The van der Waals surface area contributed by atoms with Crippen LogP contribution in [0, 0.1) is 11.3 Å². The minimum atomic E-state index is 0.554. The average Bonchev–Trinajstić information content (AvgIpc) is 2.50. The van der Waals surface area contributed by atoms with Crippen LogP contribution in [0.4, 0.5) is 0 Å². The zero-order valence-electron chi connectivity index (χ0n) is 10.7. The molecule has 1 spiro atoms. The Balaban J connectivity index is 2.36. The van der Waals surface area contributed by atoms with Gasteiger partial charge in [-0.2, -0.15) is 0 Å². The van der Waals surface area contributed by atoms with Gasteiger partial charge < -0.3 is 0 Å². The molecule has 0 aliphatic heterocycles. The van der Waals surface area contributed by atoms with Gasteiger partial charge in [0.25, 0.3) is 0 Å². The summed E-state index contributed by atoms with van der Waals surface area (Å²) in [6.45, 7) is 9.36. The maximum atomic E-state index is 2.49. The van der Waals surface area contributed by atoms with E-state index in [1.165, 1.54) is 32.1 Å². The fourth-order valence-corrected chi connectivity index (χ4v) is 3.63. The summed E-state index contributed by atoms with van der Waals surface area (Å²) in [5.74, 6) is 0.895. The topological polar surface area (TPSA) is 0 Å². The highest BCUT2D eigenvalue weighted by molar-refractivity contribution is 5.29. The summed E-state index contributed by atoms with van der Waals surface area (Å²) in [5.41, 5.74) is 5.54. The smallest absolute Gasteiger partial charge is 0.00223 e. The first kappa shape index (κ1) is 11.0. The highest BCUT2D eigenvalue weighted by Crippen LogP contribution is 2.56. The Morgan fingerprint density at radius 2 is 2.07 bits per heavy atom. The fourth-order valence-electron chi connectivity index (χ4n) is 3.63. The quantitative estimate of drug-likeness (QED) is 0.494.